The van der Waals surface area contributed by atoms with Gasteiger partial charge in [-0.1, -0.05) is 0 Å². The molecule has 0 aliphatic carbocycles. The Hall–Kier alpha value is -2.61. The predicted octanol–water partition coefficient (Wildman–Crippen LogP) is 3.41. The molecular weight excluding hydrogens is 371 g/mol. The topological polar surface area (TPSA) is 75.7 Å². The second kappa shape index (κ2) is 9.36. The van der Waals surface area contributed by atoms with Crippen LogP contribution in [0.2, 0.25) is 0 Å². The van der Waals surface area contributed by atoms with Gasteiger partial charge in [-0.25, -0.2) is 12.8 Å². The molecule has 0 aromatic heterocycles. The summed E-state index contributed by atoms with van der Waals surface area (Å²) in [5.74, 6) is 0.0160. The molecule has 0 atom stereocenters. The molecule has 0 saturated heterocycles. The number of rotatable bonds is 9. The van der Waals surface area contributed by atoms with Gasteiger partial charge in [-0.2, -0.15) is 0 Å². The maximum absolute atomic E-state index is 12.9. The summed E-state index contributed by atoms with van der Waals surface area (Å²) in [5, 5.41) is 2.65. The lowest BCUT2D eigenvalue weighted by molar-refractivity contribution is -0.116. The lowest BCUT2D eigenvalue weighted by Crippen LogP contribution is -2.31. The first kappa shape index (κ1) is 20.7. The molecule has 0 bridgehead atoms. The van der Waals surface area contributed by atoms with Gasteiger partial charge in [0, 0.05) is 18.7 Å². The van der Waals surface area contributed by atoms with Crippen molar-refractivity contribution in [3.63, 3.8) is 0 Å². The number of amides is 1. The summed E-state index contributed by atoms with van der Waals surface area (Å²) in [5.41, 5.74) is 1.01. The van der Waals surface area contributed by atoms with Crippen molar-refractivity contribution in [3.8, 4) is 5.75 Å². The largest absolute Gasteiger partial charge is 0.494 e. The summed E-state index contributed by atoms with van der Waals surface area (Å²) in [4.78, 5) is 12.0. The maximum Gasteiger partial charge on any atom is 0.232 e. The van der Waals surface area contributed by atoms with Crippen LogP contribution >= 0.6 is 0 Å². The van der Waals surface area contributed by atoms with E-state index in [0.29, 0.717) is 30.2 Å². The number of carbonyl (C=O) groups is 1. The van der Waals surface area contributed by atoms with Gasteiger partial charge in [-0.05, 0) is 61.9 Å². The number of sulfonamides is 1. The number of ether oxygens (including phenoxy) is 1. The first-order valence-corrected chi connectivity index (χ1v) is 10.4. The van der Waals surface area contributed by atoms with Gasteiger partial charge in [0.2, 0.25) is 15.9 Å². The fraction of sp³-hybridized carbons (Fsp3) is 0.316. The Morgan fingerprint density at radius 2 is 1.74 bits per heavy atom. The molecule has 2 aromatic carbocycles. The summed E-state index contributed by atoms with van der Waals surface area (Å²) in [6.45, 7) is 2.57. The third kappa shape index (κ3) is 6.56. The summed E-state index contributed by atoms with van der Waals surface area (Å²) in [6.07, 6.45) is 1.61. The minimum atomic E-state index is -3.49. The molecule has 27 heavy (non-hydrogen) atoms. The van der Waals surface area contributed by atoms with Gasteiger partial charge in [0.05, 0.1) is 18.6 Å². The van der Waals surface area contributed by atoms with Crippen LogP contribution in [0.25, 0.3) is 0 Å². The van der Waals surface area contributed by atoms with E-state index in [2.05, 4.69) is 5.32 Å². The number of anilines is 2. The van der Waals surface area contributed by atoms with Crippen molar-refractivity contribution in [2.45, 2.75) is 19.8 Å². The Morgan fingerprint density at radius 1 is 1.11 bits per heavy atom. The molecule has 1 N–H and O–H groups in total. The highest BCUT2D eigenvalue weighted by Crippen LogP contribution is 2.22. The van der Waals surface area contributed by atoms with E-state index < -0.39 is 10.0 Å². The Kier molecular flexibility index (Phi) is 7.18. The molecule has 0 heterocycles. The SMILES string of the molecule is CCOc1ccc(N(CCCC(=O)Nc2ccc(F)cc2)S(C)(=O)=O)cc1. The molecule has 0 fully saturated rings. The van der Waals surface area contributed by atoms with E-state index in [1.165, 1.54) is 28.6 Å². The summed E-state index contributed by atoms with van der Waals surface area (Å²) in [7, 11) is -3.49. The maximum atomic E-state index is 12.9. The van der Waals surface area contributed by atoms with Crippen LogP contribution in [0.4, 0.5) is 15.8 Å². The van der Waals surface area contributed by atoms with Gasteiger partial charge < -0.3 is 10.1 Å². The van der Waals surface area contributed by atoms with Crippen molar-refractivity contribution in [2.24, 2.45) is 0 Å². The van der Waals surface area contributed by atoms with Gasteiger partial charge in [0.1, 0.15) is 11.6 Å². The quantitative estimate of drug-likeness (QED) is 0.707. The molecule has 146 valence electrons. The lowest BCUT2D eigenvalue weighted by Gasteiger charge is -2.22. The minimum Gasteiger partial charge on any atom is -0.494 e. The molecule has 0 spiro atoms. The molecular formula is C19H23FN2O4S. The van der Waals surface area contributed by atoms with Crippen molar-refractivity contribution in [1.82, 2.24) is 0 Å². The van der Waals surface area contributed by atoms with E-state index in [1.807, 2.05) is 6.92 Å². The molecule has 8 heteroatoms. The Morgan fingerprint density at radius 3 is 2.30 bits per heavy atom. The average molecular weight is 394 g/mol. The number of nitrogens with zero attached hydrogens (tertiary/aromatic N) is 1. The van der Waals surface area contributed by atoms with E-state index >= 15 is 0 Å². The third-order valence-electron chi connectivity index (χ3n) is 3.73. The number of hydrogen-bond acceptors (Lipinski definition) is 4. The van der Waals surface area contributed by atoms with E-state index in [9.17, 15) is 17.6 Å². The van der Waals surface area contributed by atoms with Crippen LogP contribution in [0.1, 0.15) is 19.8 Å². The third-order valence-corrected chi connectivity index (χ3v) is 4.92. The molecule has 0 aliphatic rings. The minimum absolute atomic E-state index is 0.139. The Balaban J connectivity index is 1.94. The van der Waals surface area contributed by atoms with Crippen molar-refractivity contribution in [1.29, 1.82) is 0 Å². The number of halogens is 1. The molecule has 2 rings (SSSR count). The fourth-order valence-corrected chi connectivity index (χ4v) is 3.47. The first-order chi connectivity index (χ1) is 12.8. The van der Waals surface area contributed by atoms with Gasteiger partial charge in [0.15, 0.2) is 0 Å². The van der Waals surface area contributed by atoms with Crippen molar-refractivity contribution < 1.29 is 22.3 Å². The lowest BCUT2D eigenvalue weighted by atomic mass is 10.2. The zero-order valence-corrected chi connectivity index (χ0v) is 16.1. The highest BCUT2D eigenvalue weighted by molar-refractivity contribution is 7.92. The number of benzene rings is 2. The number of nitrogens with one attached hydrogen (secondary N) is 1. The van der Waals surface area contributed by atoms with Gasteiger partial charge >= 0.3 is 0 Å². The van der Waals surface area contributed by atoms with Gasteiger partial charge in [0.25, 0.3) is 0 Å². The molecule has 2 aromatic rings. The average Bonchev–Trinajstić information content (AvgIpc) is 2.61. The monoisotopic (exact) mass is 394 g/mol. The molecule has 0 aliphatic heterocycles. The van der Waals surface area contributed by atoms with Crippen LogP contribution in [-0.4, -0.2) is 33.7 Å². The van der Waals surface area contributed by atoms with Crippen LogP contribution < -0.4 is 14.4 Å². The first-order valence-electron chi connectivity index (χ1n) is 8.55. The van der Waals surface area contributed by atoms with Crippen LogP contribution in [0.15, 0.2) is 48.5 Å². The van der Waals surface area contributed by atoms with Crippen LogP contribution in [0.3, 0.4) is 0 Å². The van der Waals surface area contributed by atoms with Gasteiger partial charge in [-0.3, -0.25) is 9.10 Å². The predicted molar refractivity (Wildman–Crippen MR) is 104 cm³/mol. The number of hydrogen-bond donors (Lipinski definition) is 1. The summed E-state index contributed by atoms with van der Waals surface area (Å²) < 4.78 is 43.7. The Bertz CT molecular complexity index is 852. The molecule has 6 nitrogen and oxygen atoms in total. The van der Waals surface area contributed by atoms with E-state index in [-0.39, 0.29) is 24.7 Å². The Labute approximate surface area is 159 Å². The summed E-state index contributed by atoms with van der Waals surface area (Å²) >= 11 is 0. The van der Waals surface area contributed by atoms with Gasteiger partial charge in [-0.15, -0.1) is 0 Å². The van der Waals surface area contributed by atoms with E-state index in [1.54, 1.807) is 24.3 Å². The highest BCUT2D eigenvalue weighted by Gasteiger charge is 2.17. The second-order valence-electron chi connectivity index (χ2n) is 5.92. The zero-order valence-electron chi connectivity index (χ0n) is 15.3. The van der Waals surface area contributed by atoms with E-state index in [4.69, 9.17) is 4.74 Å². The highest BCUT2D eigenvalue weighted by atomic mass is 32.2. The smallest absolute Gasteiger partial charge is 0.232 e. The van der Waals surface area contributed by atoms with E-state index in [0.717, 1.165) is 6.26 Å². The molecule has 0 unspecified atom stereocenters. The number of carbonyl (C=O) groups excluding carboxylic acids is 1. The zero-order chi connectivity index (χ0) is 19.9. The summed E-state index contributed by atoms with van der Waals surface area (Å²) in [6, 6.07) is 12.2. The van der Waals surface area contributed by atoms with Crippen LogP contribution in [0.5, 0.6) is 5.75 Å². The van der Waals surface area contributed by atoms with Crippen LogP contribution in [-0.2, 0) is 14.8 Å². The van der Waals surface area contributed by atoms with Crippen molar-refractivity contribution >= 4 is 27.3 Å². The standard InChI is InChI=1S/C19H23FN2O4S/c1-3-26-18-12-10-17(11-13-18)22(27(2,24)25)14-4-5-19(23)21-16-8-6-15(20)7-9-16/h6-13H,3-5,14H2,1-2H3,(H,21,23). The molecule has 0 radical (unpaired) electrons. The van der Waals surface area contributed by atoms with Crippen molar-refractivity contribution in [3.05, 3.63) is 54.3 Å². The normalized spacial score (nSPS) is 11.1. The fourth-order valence-electron chi connectivity index (χ4n) is 2.50. The molecule has 1 amide bonds. The van der Waals surface area contributed by atoms with Crippen LogP contribution in [0, 0.1) is 5.82 Å². The van der Waals surface area contributed by atoms with Crippen molar-refractivity contribution in [2.75, 3.05) is 29.0 Å². The molecule has 0 saturated carbocycles. The second-order valence-corrected chi connectivity index (χ2v) is 7.83.